The Balaban J connectivity index is 1.59. The van der Waals surface area contributed by atoms with Crippen LogP contribution in [-0.4, -0.2) is 27.6 Å². The van der Waals surface area contributed by atoms with E-state index in [1.54, 1.807) is 18.6 Å². The molecule has 1 aromatic carbocycles. The summed E-state index contributed by atoms with van der Waals surface area (Å²) in [6.45, 7) is 0.811. The van der Waals surface area contributed by atoms with E-state index in [1.165, 1.54) is 6.20 Å². The highest BCUT2D eigenvalue weighted by molar-refractivity contribution is 5.97. The Hall–Kier alpha value is -3.06. The Kier molecular flexibility index (Phi) is 4.93. The van der Waals surface area contributed by atoms with E-state index in [9.17, 15) is 4.79 Å². The van der Waals surface area contributed by atoms with Gasteiger partial charge in [-0.1, -0.05) is 35.5 Å². The number of pyridine rings is 1. The maximum Gasteiger partial charge on any atom is 0.251 e. The number of carbonyl (C=O) groups is 1. The topological polar surface area (TPSA) is 104 Å². The van der Waals surface area contributed by atoms with E-state index in [0.29, 0.717) is 24.8 Å². The summed E-state index contributed by atoms with van der Waals surface area (Å²) in [7, 11) is 0. The van der Waals surface area contributed by atoms with Crippen LogP contribution in [0.5, 0.6) is 0 Å². The van der Waals surface area contributed by atoms with Crippen LogP contribution >= 0.6 is 0 Å². The fourth-order valence-corrected chi connectivity index (χ4v) is 2.08. The molecule has 2 aromatic heterocycles. The molecular formula is C17H15N4O3. The zero-order valence-corrected chi connectivity index (χ0v) is 12.8. The van der Waals surface area contributed by atoms with E-state index in [2.05, 4.69) is 15.1 Å². The lowest BCUT2D eigenvalue weighted by molar-refractivity contribution is 0.100. The highest BCUT2D eigenvalue weighted by Gasteiger charge is 2.16. The van der Waals surface area contributed by atoms with Gasteiger partial charge in [-0.15, -0.1) is 0 Å². The number of benzene rings is 1. The molecule has 2 heterocycles. The fourth-order valence-electron chi connectivity index (χ4n) is 2.08. The first kappa shape index (κ1) is 15.8. The van der Waals surface area contributed by atoms with Gasteiger partial charge in [0.25, 0.3) is 5.91 Å². The second-order valence-electron chi connectivity index (χ2n) is 4.92. The Labute approximate surface area is 138 Å². The number of rotatable bonds is 7. The Morgan fingerprint density at radius 2 is 2.04 bits per heavy atom. The lowest BCUT2D eigenvalue weighted by Gasteiger charge is -2.01. The average molecular weight is 323 g/mol. The molecule has 0 aliphatic carbocycles. The largest absolute Gasteiger partial charge is 0.376 e. The molecule has 1 amide bonds. The molecule has 0 aliphatic rings. The van der Waals surface area contributed by atoms with Crippen LogP contribution < -0.4 is 5.73 Å². The summed E-state index contributed by atoms with van der Waals surface area (Å²) < 4.78 is 10.6. The smallest absolute Gasteiger partial charge is 0.251 e. The predicted octanol–water partition coefficient (Wildman–Crippen LogP) is 2.00. The first-order chi connectivity index (χ1) is 11.7. The Morgan fingerprint density at radius 3 is 2.83 bits per heavy atom. The number of amides is 1. The zero-order chi connectivity index (χ0) is 16.8. The summed E-state index contributed by atoms with van der Waals surface area (Å²) in [6.07, 6.45) is 3.19. The molecule has 0 spiro atoms. The minimum absolute atomic E-state index is 0.207. The highest BCUT2D eigenvalue weighted by atomic mass is 16.5. The third-order valence-corrected chi connectivity index (χ3v) is 3.21. The van der Waals surface area contributed by atoms with Gasteiger partial charge in [-0.05, 0) is 17.7 Å². The van der Waals surface area contributed by atoms with Gasteiger partial charge in [-0.2, -0.15) is 4.98 Å². The number of nitrogens with two attached hydrogens (primary N) is 1. The molecule has 0 unspecified atom stereocenters. The van der Waals surface area contributed by atoms with Gasteiger partial charge in [0.05, 0.1) is 25.2 Å². The quantitative estimate of drug-likeness (QED) is 0.667. The van der Waals surface area contributed by atoms with Crippen molar-refractivity contribution < 1.29 is 14.1 Å². The molecule has 7 nitrogen and oxygen atoms in total. The van der Waals surface area contributed by atoms with Gasteiger partial charge < -0.3 is 15.0 Å². The minimum atomic E-state index is -0.598. The predicted molar refractivity (Wildman–Crippen MR) is 85.5 cm³/mol. The van der Waals surface area contributed by atoms with Gasteiger partial charge in [0.2, 0.25) is 11.7 Å². The fraction of sp³-hybridized carbons (Fsp3) is 0.118. The molecule has 2 N–H and O–H groups in total. The molecule has 3 rings (SSSR count). The molecule has 24 heavy (non-hydrogen) atoms. The summed E-state index contributed by atoms with van der Waals surface area (Å²) in [5, 5.41) is 3.82. The minimum Gasteiger partial charge on any atom is -0.376 e. The molecule has 0 saturated carbocycles. The standard InChI is InChI=1S/C17H15N4O3/c18-16(22)13-7-4-9-19-15(13)17-20-14(24-21-17)8-10-23-11-12-5-2-1-3-6-12/h1-9H,10-11H2,(H2,18,22). The normalized spacial score (nSPS) is 10.7. The van der Waals surface area contributed by atoms with E-state index in [4.69, 9.17) is 15.0 Å². The van der Waals surface area contributed by atoms with Gasteiger partial charge >= 0.3 is 0 Å². The van der Waals surface area contributed by atoms with Crippen LogP contribution in [0, 0.1) is 6.42 Å². The maximum absolute atomic E-state index is 11.4. The molecule has 7 heteroatoms. The Bertz CT molecular complexity index is 817. The van der Waals surface area contributed by atoms with Crippen LogP contribution in [0.25, 0.3) is 11.5 Å². The van der Waals surface area contributed by atoms with Crippen LogP contribution in [0.2, 0.25) is 0 Å². The van der Waals surface area contributed by atoms with Gasteiger partial charge in [0, 0.05) is 6.20 Å². The van der Waals surface area contributed by atoms with Crippen molar-refractivity contribution in [3.8, 4) is 11.5 Å². The lowest BCUT2D eigenvalue weighted by atomic mass is 10.2. The third-order valence-electron chi connectivity index (χ3n) is 3.21. The van der Waals surface area contributed by atoms with Crippen LogP contribution in [0.3, 0.4) is 0 Å². The van der Waals surface area contributed by atoms with Crippen LogP contribution in [0.15, 0.2) is 53.2 Å². The van der Waals surface area contributed by atoms with E-state index >= 15 is 0 Å². The molecule has 0 saturated heterocycles. The van der Waals surface area contributed by atoms with Gasteiger partial charge in [0.15, 0.2) is 0 Å². The second kappa shape index (κ2) is 7.47. The molecule has 1 radical (unpaired) electrons. The lowest BCUT2D eigenvalue weighted by Crippen LogP contribution is -2.13. The van der Waals surface area contributed by atoms with Crippen molar-refractivity contribution in [2.75, 3.05) is 6.61 Å². The molecule has 0 bridgehead atoms. The van der Waals surface area contributed by atoms with Gasteiger partial charge in [0.1, 0.15) is 5.69 Å². The van der Waals surface area contributed by atoms with Crippen molar-refractivity contribution in [2.45, 2.75) is 6.61 Å². The molecule has 121 valence electrons. The van der Waals surface area contributed by atoms with Crippen LogP contribution in [0.4, 0.5) is 0 Å². The average Bonchev–Trinajstić information content (AvgIpc) is 3.08. The van der Waals surface area contributed by atoms with E-state index < -0.39 is 5.91 Å². The zero-order valence-electron chi connectivity index (χ0n) is 12.8. The van der Waals surface area contributed by atoms with Crippen molar-refractivity contribution in [3.05, 3.63) is 72.1 Å². The number of nitrogens with zero attached hydrogens (tertiary/aromatic N) is 3. The molecule has 0 fully saturated rings. The van der Waals surface area contributed by atoms with E-state index in [1.807, 2.05) is 30.3 Å². The Morgan fingerprint density at radius 1 is 1.21 bits per heavy atom. The van der Waals surface area contributed by atoms with Crippen molar-refractivity contribution in [1.29, 1.82) is 0 Å². The SMILES string of the molecule is NC(=O)c1cccnc1-c1noc([CH]COCc2ccccc2)n1. The van der Waals surface area contributed by atoms with Crippen LogP contribution in [-0.2, 0) is 11.3 Å². The first-order valence-electron chi connectivity index (χ1n) is 7.28. The number of hydrogen-bond acceptors (Lipinski definition) is 6. The molecule has 0 atom stereocenters. The number of hydrogen-bond donors (Lipinski definition) is 1. The van der Waals surface area contributed by atoms with Crippen molar-refractivity contribution >= 4 is 5.91 Å². The maximum atomic E-state index is 11.4. The van der Waals surface area contributed by atoms with Gasteiger partial charge in [-0.3, -0.25) is 9.78 Å². The summed E-state index contributed by atoms with van der Waals surface area (Å²) in [5.74, 6) is -0.0996. The summed E-state index contributed by atoms with van der Waals surface area (Å²) in [4.78, 5) is 19.7. The first-order valence-corrected chi connectivity index (χ1v) is 7.28. The number of carbonyl (C=O) groups excluding carboxylic acids is 1. The van der Waals surface area contributed by atoms with Gasteiger partial charge in [-0.25, -0.2) is 0 Å². The number of aromatic nitrogens is 3. The molecular weight excluding hydrogens is 308 g/mol. The summed E-state index contributed by atoms with van der Waals surface area (Å²) in [5.41, 5.74) is 6.93. The molecule has 0 aliphatic heterocycles. The highest BCUT2D eigenvalue weighted by Crippen LogP contribution is 2.18. The summed E-state index contributed by atoms with van der Waals surface area (Å²) in [6, 6.07) is 13.0. The second-order valence-corrected chi connectivity index (χ2v) is 4.92. The van der Waals surface area contributed by atoms with E-state index in [0.717, 1.165) is 5.56 Å². The van der Waals surface area contributed by atoms with Crippen molar-refractivity contribution in [3.63, 3.8) is 0 Å². The van der Waals surface area contributed by atoms with Crippen LogP contribution in [0.1, 0.15) is 21.8 Å². The number of primary amides is 1. The molecule has 3 aromatic rings. The number of ether oxygens (including phenoxy) is 1. The van der Waals surface area contributed by atoms with Crippen molar-refractivity contribution in [1.82, 2.24) is 15.1 Å². The summed E-state index contributed by atoms with van der Waals surface area (Å²) >= 11 is 0. The monoisotopic (exact) mass is 323 g/mol. The van der Waals surface area contributed by atoms with E-state index in [-0.39, 0.29) is 11.4 Å². The third kappa shape index (κ3) is 3.82. The van der Waals surface area contributed by atoms with Crippen molar-refractivity contribution in [2.24, 2.45) is 5.73 Å².